The Morgan fingerprint density at radius 1 is 1.09 bits per heavy atom. The number of aryl methyl sites for hydroxylation is 1. The van der Waals surface area contributed by atoms with E-state index in [9.17, 15) is 17.6 Å². The Bertz CT molecular complexity index is 1180. The van der Waals surface area contributed by atoms with E-state index in [0.29, 0.717) is 46.7 Å². The van der Waals surface area contributed by atoms with E-state index < -0.39 is 17.6 Å². The van der Waals surface area contributed by atoms with Crippen molar-refractivity contribution in [2.24, 2.45) is 0 Å². The van der Waals surface area contributed by atoms with Gasteiger partial charge >= 0.3 is 6.18 Å². The Hall–Kier alpha value is -3.14. The van der Waals surface area contributed by atoms with Crippen LogP contribution in [0.15, 0.2) is 30.3 Å². The fraction of sp³-hybridized carbons (Fsp3) is 0.391. The molecule has 1 aliphatic rings. The molecule has 0 unspecified atom stereocenters. The van der Waals surface area contributed by atoms with Gasteiger partial charge < -0.3 is 19.5 Å². The molecule has 1 heterocycles. The first kappa shape index (κ1) is 23.0. The van der Waals surface area contributed by atoms with Crippen molar-refractivity contribution in [2.45, 2.75) is 38.1 Å². The minimum Gasteiger partial charge on any atom is -0.493 e. The summed E-state index contributed by atoms with van der Waals surface area (Å²) < 4.78 is 70.4. The standard InChI is InChI=1S/C23H23F4N3O3/c1-13-29-17-10-18(31-2)19(33-12-22(32-3)7-8-22)9-15(17)21(30-13)28-11-14-5-4-6-16(20(14)24)23(25,26)27/h4-6,9-10H,7-8,11-12H2,1-3H3,(H,28,29,30). The van der Waals surface area contributed by atoms with Crippen molar-refractivity contribution in [1.82, 2.24) is 9.97 Å². The highest BCUT2D eigenvalue weighted by atomic mass is 19.4. The van der Waals surface area contributed by atoms with Crippen LogP contribution in [-0.2, 0) is 17.5 Å². The Morgan fingerprint density at radius 3 is 2.48 bits per heavy atom. The number of alkyl halides is 3. The molecule has 1 fully saturated rings. The number of aromatic nitrogens is 2. The number of anilines is 1. The van der Waals surface area contributed by atoms with Crippen LogP contribution in [0.4, 0.5) is 23.4 Å². The summed E-state index contributed by atoms with van der Waals surface area (Å²) in [4.78, 5) is 8.77. The smallest absolute Gasteiger partial charge is 0.419 e. The van der Waals surface area contributed by atoms with Crippen molar-refractivity contribution in [2.75, 3.05) is 26.1 Å². The van der Waals surface area contributed by atoms with Gasteiger partial charge in [0.25, 0.3) is 0 Å². The van der Waals surface area contributed by atoms with Gasteiger partial charge in [0.15, 0.2) is 11.5 Å². The molecule has 1 aromatic heterocycles. The summed E-state index contributed by atoms with van der Waals surface area (Å²) >= 11 is 0. The van der Waals surface area contributed by atoms with Gasteiger partial charge in [-0.1, -0.05) is 12.1 Å². The highest BCUT2D eigenvalue weighted by Crippen LogP contribution is 2.41. The van der Waals surface area contributed by atoms with Crippen LogP contribution in [0.1, 0.15) is 29.8 Å². The maximum atomic E-state index is 14.4. The second-order valence-corrected chi connectivity index (χ2v) is 7.95. The zero-order valence-electron chi connectivity index (χ0n) is 18.3. The molecular formula is C23H23F4N3O3. The van der Waals surface area contributed by atoms with Gasteiger partial charge in [0, 0.05) is 30.7 Å². The van der Waals surface area contributed by atoms with Crippen LogP contribution in [0.3, 0.4) is 0 Å². The molecule has 3 aromatic rings. The van der Waals surface area contributed by atoms with E-state index in [4.69, 9.17) is 14.2 Å². The van der Waals surface area contributed by atoms with E-state index >= 15 is 0 Å². The first-order chi connectivity index (χ1) is 15.7. The molecule has 0 bridgehead atoms. The molecule has 0 aliphatic heterocycles. The van der Waals surface area contributed by atoms with Crippen LogP contribution in [-0.4, -0.2) is 36.4 Å². The van der Waals surface area contributed by atoms with E-state index in [-0.39, 0.29) is 17.7 Å². The van der Waals surface area contributed by atoms with Crippen molar-refractivity contribution >= 4 is 16.7 Å². The number of hydrogen-bond donors (Lipinski definition) is 1. The summed E-state index contributed by atoms with van der Waals surface area (Å²) in [5, 5.41) is 3.51. The summed E-state index contributed by atoms with van der Waals surface area (Å²) in [5.41, 5.74) is -1.19. The number of nitrogens with one attached hydrogen (secondary N) is 1. The van der Waals surface area contributed by atoms with Crippen LogP contribution in [0, 0.1) is 12.7 Å². The summed E-state index contributed by atoms with van der Waals surface area (Å²) in [5.74, 6) is 0.389. The topological polar surface area (TPSA) is 65.5 Å². The molecule has 0 atom stereocenters. The third-order valence-corrected chi connectivity index (χ3v) is 5.65. The summed E-state index contributed by atoms with van der Waals surface area (Å²) in [7, 11) is 3.15. The monoisotopic (exact) mass is 465 g/mol. The Balaban J connectivity index is 1.65. The highest BCUT2D eigenvalue weighted by molar-refractivity contribution is 5.91. The van der Waals surface area contributed by atoms with Crippen LogP contribution in [0.2, 0.25) is 0 Å². The van der Waals surface area contributed by atoms with E-state index in [1.165, 1.54) is 19.2 Å². The zero-order valence-corrected chi connectivity index (χ0v) is 18.3. The predicted octanol–water partition coefficient (Wildman–Crippen LogP) is 5.27. The molecule has 4 rings (SSSR count). The van der Waals surface area contributed by atoms with Crippen molar-refractivity contribution in [3.05, 3.63) is 53.1 Å². The molecule has 6 nitrogen and oxygen atoms in total. The second-order valence-electron chi connectivity index (χ2n) is 7.95. The molecule has 0 spiro atoms. The van der Waals surface area contributed by atoms with Gasteiger partial charge in [0.05, 0.1) is 18.2 Å². The van der Waals surface area contributed by atoms with E-state index in [1.54, 1.807) is 26.2 Å². The number of benzene rings is 2. The minimum atomic E-state index is -4.78. The lowest BCUT2D eigenvalue weighted by molar-refractivity contribution is -0.140. The van der Waals surface area contributed by atoms with Gasteiger partial charge in [0.1, 0.15) is 29.7 Å². The lowest BCUT2D eigenvalue weighted by Crippen LogP contribution is -2.21. The lowest BCUT2D eigenvalue weighted by Gasteiger charge is -2.18. The second kappa shape index (κ2) is 8.66. The third kappa shape index (κ3) is 4.80. The zero-order chi connectivity index (χ0) is 23.8. The molecule has 33 heavy (non-hydrogen) atoms. The number of methoxy groups -OCH3 is 2. The fourth-order valence-corrected chi connectivity index (χ4v) is 3.53. The van der Waals surface area contributed by atoms with Gasteiger partial charge in [-0.15, -0.1) is 0 Å². The Kier molecular flexibility index (Phi) is 6.04. The van der Waals surface area contributed by atoms with Crippen molar-refractivity contribution < 1.29 is 31.8 Å². The van der Waals surface area contributed by atoms with Crippen molar-refractivity contribution in [1.29, 1.82) is 0 Å². The largest absolute Gasteiger partial charge is 0.493 e. The third-order valence-electron chi connectivity index (χ3n) is 5.65. The van der Waals surface area contributed by atoms with E-state index in [0.717, 1.165) is 12.8 Å². The predicted molar refractivity (Wildman–Crippen MR) is 114 cm³/mol. The molecule has 1 N–H and O–H groups in total. The summed E-state index contributed by atoms with van der Waals surface area (Å²) in [6.07, 6.45) is -2.98. The van der Waals surface area contributed by atoms with E-state index in [1.807, 2.05) is 0 Å². The van der Waals surface area contributed by atoms with Gasteiger partial charge in [-0.3, -0.25) is 0 Å². The molecule has 10 heteroatoms. The Morgan fingerprint density at radius 2 is 1.85 bits per heavy atom. The molecule has 1 saturated carbocycles. The van der Waals surface area contributed by atoms with Crippen molar-refractivity contribution in [3.63, 3.8) is 0 Å². The van der Waals surface area contributed by atoms with E-state index in [2.05, 4.69) is 15.3 Å². The number of nitrogens with zero attached hydrogens (tertiary/aromatic N) is 2. The van der Waals surface area contributed by atoms with Crippen molar-refractivity contribution in [3.8, 4) is 11.5 Å². The highest BCUT2D eigenvalue weighted by Gasteiger charge is 2.44. The molecule has 1 aliphatic carbocycles. The van der Waals surface area contributed by atoms with Crippen LogP contribution in [0.5, 0.6) is 11.5 Å². The fourth-order valence-electron chi connectivity index (χ4n) is 3.53. The SMILES string of the molecule is COc1cc2nc(C)nc(NCc3cccc(C(F)(F)F)c3F)c2cc1OCC1(OC)CC1. The van der Waals surface area contributed by atoms with Gasteiger partial charge in [-0.2, -0.15) is 13.2 Å². The summed E-state index contributed by atoms with van der Waals surface area (Å²) in [6, 6.07) is 6.58. The number of rotatable bonds is 8. The molecule has 0 saturated heterocycles. The Labute approximate surface area is 187 Å². The normalized spacial score (nSPS) is 14.9. The lowest BCUT2D eigenvalue weighted by atomic mass is 10.1. The molecular weight excluding hydrogens is 442 g/mol. The van der Waals surface area contributed by atoms with Crippen LogP contribution < -0.4 is 14.8 Å². The van der Waals surface area contributed by atoms with Gasteiger partial charge in [0.2, 0.25) is 0 Å². The first-order valence-electron chi connectivity index (χ1n) is 10.3. The first-order valence-corrected chi connectivity index (χ1v) is 10.3. The number of ether oxygens (including phenoxy) is 3. The van der Waals surface area contributed by atoms with Gasteiger partial charge in [-0.05, 0) is 31.9 Å². The maximum Gasteiger partial charge on any atom is 0.419 e. The minimum absolute atomic E-state index is 0.130. The quantitative estimate of drug-likeness (QED) is 0.457. The molecule has 176 valence electrons. The van der Waals surface area contributed by atoms with Crippen LogP contribution in [0.25, 0.3) is 10.9 Å². The van der Waals surface area contributed by atoms with Crippen LogP contribution >= 0.6 is 0 Å². The molecule has 2 aromatic carbocycles. The van der Waals surface area contributed by atoms with Gasteiger partial charge in [-0.25, -0.2) is 14.4 Å². The number of halogens is 4. The summed E-state index contributed by atoms with van der Waals surface area (Å²) in [6.45, 7) is 1.83. The molecule has 0 radical (unpaired) electrons. The average Bonchev–Trinajstić information content (AvgIpc) is 3.56. The number of hydrogen-bond acceptors (Lipinski definition) is 6. The molecule has 0 amide bonds. The average molecular weight is 465 g/mol. The maximum absolute atomic E-state index is 14.4. The number of fused-ring (bicyclic) bond motifs is 1.